The van der Waals surface area contributed by atoms with Crippen molar-refractivity contribution in [2.75, 3.05) is 20.3 Å². The topological polar surface area (TPSA) is 21.3 Å². The summed E-state index contributed by atoms with van der Waals surface area (Å²) in [6.45, 7) is 1.77. The molecule has 0 aliphatic carbocycles. The van der Waals surface area contributed by atoms with Gasteiger partial charge in [0.05, 0.1) is 0 Å². The Morgan fingerprint density at radius 2 is 1.76 bits per heavy atom. The van der Waals surface area contributed by atoms with Crippen molar-refractivity contribution in [1.29, 1.82) is 0 Å². The van der Waals surface area contributed by atoms with Crippen molar-refractivity contribution in [1.82, 2.24) is 5.32 Å². The molecule has 1 heterocycles. The summed E-state index contributed by atoms with van der Waals surface area (Å²) < 4.78 is 7.67. The van der Waals surface area contributed by atoms with Crippen molar-refractivity contribution in [3.8, 4) is 0 Å². The number of hydrogen-bond acceptors (Lipinski definition) is 2. The smallest absolute Gasteiger partial charge is 0.0469 e. The fraction of sp³-hybridized carbons (Fsp3) is 0.538. The third kappa shape index (κ3) is 3.53. The van der Waals surface area contributed by atoms with Crippen LogP contribution < -0.4 is 5.32 Å². The lowest BCUT2D eigenvalue weighted by Crippen LogP contribution is -2.30. The summed E-state index contributed by atoms with van der Waals surface area (Å²) in [6.07, 6.45) is 2.27. The average molecular weight is 363 g/mol. The number of ether oxygens (including phenoxy) is 1. The van der Waals surface area contributed by atoms with Gasteiger partial charge in [0.1, 0.15) is 0 Å². The van der Waals surface area contributed by atoms with Crippen LogP contribution in [0.4, 0.5) is 0 Å². The van der Waals surface area contributed by atoms with Gasteiger partial charge in [0, 0.05) is 28.2 Å². The maximum absolute atomic E-state index is 5.43. The third-order valence-corrected chi connectivity index (χ3v) is 4.21. The van der Waals surface area contributed by atoms with E-state index in [4.69, 9.17) is 4.74 Å². The number of nitrogens with one attached hydrogen (secondary N) is 1. The molecule has 1 fully saturated rings. The Morgan fingerprint density at radius 3 is 2.29 bits per heavy atom. The van der Waals surface area contributed by atoms with Gasteiger partial charge in [-0.2, -0.15) is 0 Å². The molecule has 2 rings (SSSR count). The maximum Gasteiger partial charge on any atom is 0.0469 e. The SMILES string of the molecule is CNC(c1cc(Br)cc(Br)c1)C1CCOCC1. The molecule has 94 valence electrons. The lowest BCUT2D eigenvalue weighted by molar-refractivity contribution is 0.0546. The van der Waals surface area contributed by atoms with Crippen molar-refractivity contribution in [2.45, 2.75) is 18.9 Å². The van der Waals surface area contributed by atoms with Crippen LogP contribution in [0.5, 0.6) is 0 Å². The van der Waals surface area contributed by atoms with Gasteiger partial charge in [-0.05, 0) is 49.6 Å². The van der Waals surface area contributed by atoms with Gasteiger partial charge < -0.3 is 10.1 Å². The van der Waals surface area contributed by atoms with Gasteiger partial charge in [0.15, 0.2) is 0 Å². The second kappa shape index (κ2) is 6.32. The first-order valence-corrected chi connectivity index (χ1v) is 7.50. The first kappa shape index (κ1) is 13.5. The van der Waals surface area contributed by atoms with Gasteiger partial charge in [-0.3, -0.25) is 0 Å². The van der Waals surface area contributed by atoms with E-state index in [1.54, 1.807) is 0 Å². The van der Waals surface area contributed by atoms with Crippen molar-refractivity contribution in [3.63, 3.8) is 0 Å². The van der Waals surface area contributed by atoms with Crippen LogP contribution in [-0.2, 0) is 4.74 Å². The molecule has 17 heavy (non-hydrogen) atoms. The van der Waals surface area contributed by atoms with Crippen molar-refractivity contribution in [2.24, 2.45) is 5.92 Å². The van der Waals surface area contributed by atoms with Crippen molar-refractivity contribution >= 4 is 31.9 Å². The number of rotatable bonds is 3. The highest BCUT2D eigenvalue weighted by atomic mass is 79.9. The highest BCUT2D eigenvalue weighted by molar-refractivity contribution is 9.11. The Balaban J connectivity index is 2.21. The summed E-state index contributed by atoms with van der Waals surface area (Å²) in [5, 5.41) is 3.45. The highest BCUT2D eigenvalue weighted by Gasteiger charge is 2.24. The molecular formula is C13H17Br2NO. The predicted octanol–water partition coefficient (Wildman–Crippen LogP) is 3.90. The fourth-order valence-corrected chi connectivity index (χ4v) is 3.81. The lowest BCUT2D eigenvalue weighted by atomic mass is 9.87. The first-order chi connectivity index (χ1) is 8.20. The van der Waals surface area contributed by atoms with E-state index in [2.05, 4.69) is 55.4 Å². The van der Waals surface area contributed by atoms with E-state index in [-0.39, 0.29) is 0 Å². The van der Waals surface area contributed by atoms with Gasteiger partial charge in [-0.25, -0.2) is 0 Å². The maximum atomic E-state index is 5.43. The van der Waals surface area contributed by atoms with Crippen LogP contribution >= 0.6 is 31.9 Å². The molecular weight excluding hydrogens is 346 g/mol. The average Bonchev–Trinajstić information content (AvgIpc) is 2.30. The molecule has 1 aromatic rings. The van der Waals surface area contributed by atoms with E-state index < -0.39 is 0 Å². The van der Waals surface area contributed by atoms with Gasteiger partial charge in [0.25, 0.3) is 0 Å². The molecule has 1 saturated heterocycles. The molecule has 0 amide bonds. The number of halogens is 2. The van der Waals surface area contributed by atoms with Crippen molar-refractivity contribution < 1.29 is 4.74 Å². The normalized spacial score (nSPS) is 19.2. The minimum atomic E-state index is 0.410. The molecule has 1 aromatic carbocycles. The van der Waals surface area contributed by atoms with Crippen LogP contribution in [0.3, 0.4) is 0 Å². The molecule has 0 radical (unpaired) electrons. The van der Waals surface area contributed by atoms with Gasteiger partial charge in [-0.1, -0.05) is 31.9 Å². The monoisotopic (exact) mass is 361 g/mol. The molecule has 1 aliphatic heterocycles. The summed E-state index contributed by atoms with van der Waals surface area (Å²) in [5.41, 5.74) is 1.33. The molecule has 1 aliphatic rings. The first-order valence-electron chi connectivity index (χ1n) is 5.91. The summed E-state index contributed by atoms with van der Waals surface area (Å²) in [7, 11) is 2.04. The van der Waals surface area contributed by atoms with E-state index >= 15 is 0 Å². The zero-order valence-corrected chi connectivity index (χ0v) is 13.1. The lowest BCUT2D eigenvalue weighted by Gasteiger charge is -2.30. The van der Waals surface area contributed by atoms with Crippen molar-refractivity contribution in [3.05, 3.63) is 32.7 Å². The van der Waals surface area contributed by atoms with Crippen LogP contribution in [-0.4, -0.2) is 20.3 Å². The summed E-state index contributed by atoms with van der Waals surface area (Å²) in [4.78, 5) is 0. The summed E-state index contributed by atoms with van der Waals surface area (Å²) >= 11 is 7.10. The Labute approximate surface area is 119 Å². The second-order valence-corrected chi connectivity index (χ2v) is 6.25. The van der Waals surface area contributed by atoms with E-state index in [9.17, 15) is 0 Å². The molecule has 2 nitrogen and oxygen atoms in total. The number of benzene rings is 1. The third-order valence-electron chi connectivity index (χ3n) is 3.29. The quantitative estimate of drug-likeness (QED) is 0.880. The molecule has 0 aromatic heterocycles. The molecule has 4 heteroatoms. The minimum absolute atomic E-state index is 0.410. The van der Waals surface area contributed by atoms with E-state index in [1.165, 1.54) is 5.56 Å². The molecule has 1 unspecified atom stereocenters. The Hall–Kier alpha value is 0.1000. The summed E-state index contributed by atoms with van der Waals surface area (Å²) in [6, 6.07) is 6.87. The van der Waals surface area contributed by atoms with E-state index in [0.717, 1.165) is 35.0 Å². The molecule has 0 spiro atoms. The summed E-state index contributed by atoms with van der Waals surface area (Å²) in [5.74, 6) is 0.662. The molecule has 1 N–H and O–H groups in total. The zero-order chi connectivity index (χ0) is 12.3. The van der Waals surface area contributed by atoms with E-state index in [1.807, 2.05) is 7.05 Å². The standard InChI is InChI=1S/C13H17Br2NO/c1-16-13(9-2-4-17-5-3-9)10-6-11(14)8-12(15)7-10/h6-9,13,16H,2-5H2,1H3. The predicted molar refractivity (Wildman–Crippen MR) is 77.2 cm³/mol. The number of hydrogen-bond donors (Lipinski definition) is 1. The highest BCUT2D eigenvalue weighted by Crippen LogP contribution is 2.32. The van der Waals surface area contributed by atoms with Crippen LogP contribution in [0.25, 0.3) is 0 Å². The van der Waals surface area contributed by atoms with E-state index in [0.29, 0.717) is 12.0 Å². The van der Waals surface area contributed by atoms with Crippen LogP contribution in [0.1, 0.15) is 24.4 Å². The molecule has 0 saturated carbocycles. The van der Waals surface area contributed by atoms with Crippen LogP contribution in [0.2, 0.25) is 0 Å². The largest absolute Gasteiger partial charge is 0.381 e. The van der Waals surface area contributed by atoms with Crippen LogP contribution in [0, 0.1) is 5.92 Å². The minimum Gasteiger partial charge on any atom is -0.381 e. The molecule has 1 atom stereocenters. The van der Waals surface area contributed by atoms with Crippen LogP contribution in [0.15, 0.2) is 27.1 Å². The Kier molecular flexibility index (Phi) is 5.03. The van der Waals surface area contributed by atoms with Gasteiger partial charge in [-0.15, -0.1) is 0 Å². The Bertz CT molecular complexity index is 357. The Morgan fingerprint density at radius 1 is 1.18 bits per heavy atom. The van der Waals surface area contributed by atoms with Gasteiger partial charge in [0.2, 0.25) is 0 Å². The molecule has 0 bridgehead atoms. The second-order valence-electron chi connectivity index (χ2n) is 4.42. The zero-order valence-electron chi connectivity index (χ0n) is 9.88. The van der Waals surface area contributed by atoms with Gasteiger partial charge >= 0.3 is 0 Å². The fourth-order valence-electron chi connectivity index (χ4n) is 2.48.